The monoisotopic (exact) mass is 437 g/mol. The molecule has 158 valence electrons. The van der Waals surface area contributed by atoms with Crippen molar-refractivity contribution >= 4 is 17.2 Å². The molecule has 1 unspecified atom stereocenters. The van der Waals surface area contributed by atoms with Crippen LogP contribution in [0.1, 0.15) is 28.8 Å². The number of thiophene rings is 1. The Hall–Kier alpha value is -3.52. The van der Waals surface area contributed by atoms with Crippen LogP contribution >= 0.6 is 11.3 Å². The Kier molecular flexibility index (Phi) is 6.37. The van der Waals surface area contributed by atoms with Crippen LogP contribution in [0.25, 0.3) is 11.4 Å². The Bertz CT molecular complexity index is 1130. The Morgan fingerprint density at radius 1 is 1.16 bits per heavy atom. The number of rotatable bonds is 8. The molecule has 1 N–H and O–H groups in total. The average molecular weight is 437 g/mol. The van der Waals surface area contributed by atoms with Crippen LogP contribution < -0.4 is 10.1 Å². The Balaban J connectivity index is 1.39. The van der Waals surface area contributed by atoms with Crippen LogP contribution in [-0.4, -0.2) is 23.2 Å². The first-order valence-corrected chi connectivity index (χ1v) is 10.6. The average Bonchev–Trinajstić information content (AvgIpc) is 3.49. The smallest absolute Gasteiger partial charge is 0.227 e. The number of hydrogen-bond donors (Lipinski definition) is 1. The largest absolute Gasteiger partial charge is 0.497 e. The molecule has 4 rings (SSSR count). The lowest BCUT2D eigenvalue weighted by Crippen LogP contribution is -2.29. The maximum Gasteiger partial charge on any atom is 0.227 e. The van der Waals surface area contributed by atoms with Gasteiger partial charge in [-0.25, -0.2) is 4.39 Å². The van der Waals surface area contributed by atoms with Gasteiger partial charge in [-0.3, -0.25) is 4.79 Å². The molecule has 1 amide bonds. The molecule has 0 bridgehead atoms. The van der Waals surface area contributed by atoms with Gasteiger partial charge in [0.25, 0.3) is 0 Å². The molecule has 2 aromatic heterocycles. The molecule has 0 spiro atoms. The standard InChI is InChI=1S/C23H20FN3O3S/c1-29-18-10-6-16(7-11-18)23-26-21(30-27-23)13-12-20(28)25-22(19-3-2-14-31-19)15-4-8-17(24)9-5-15/h2-11,14,22H,12-13H2,1H3,(H,25,28). The zero-order chi connectivity index (χ0) is 21.6. The van der Waals surface area contributed by atoms with E-state index in [9.17, 15) is 9.18 Å². The van der Waals surface area contributed by atoms with E-state index in [1.807, 2.05) is 41.8 Å². The number of halogens is 1. The van der Waals surface area contributed by atoms with E-state index in [1.54, 1.807) is 19.2 Å². The number of ether oxygens (including phenoxy) is 1. The van der Waals surface area contributed by atoms with Crippen molar-refractivity contribution in [3.8, 4) is 17.1 Å². The third-order valence-corrected chi connectivity index (χ3v) is 5.66. The Labute approximate surface area is 182 Å². The van der Waals surface area contributed by atoms with Crippen molar-refractivity contribution in [1.29, 1.82) is 0 Å². The first-order chi connectivity index (χ1) is 15.1. The fourth-order valence-corrected chi connectivity index (χ4v) is 3.90. The van der Waals surface area contributed by atoms with Crippen LogP contribution in [-0.2, 0) is 11.2 Å². The number of carbonyl (C=O) groups excluding carboxylic acids is 1. The van der Waals surface area contributed by atoms with Crippen molar-refractivity contribution in [3.05, 3.63) is 88.2 Å². The van der Waals surface area contributed by atoms with Crippen LogP contribution in [0.2, 0.25) is 0 Å². The van der Waals surface area contributed by atoms with Gasteiger partial charge in [0.05, 0.1) is 13.2 Å². The van der Waals surface area contributed by atoms with E-state index in [0.29, 0.717) is 18.1 Å². The molecule has 4 aromatic rings. The second-order valence-electron chi connectivity index (χ2n) is 6.81. The first-order valence-electron chi connectivity index (χ1n) is 9.67. The summed E-state index contributed by atoms with van der Waals surface area (Å²) in [7, 11) is 1.60. The third-order valence-electron chi connectivity index (χ3n) is 4.72. The van der Waals surface area contributed by atoms with E-state index < -0.39 is 0 Å². The summed E-state index contributed by atoms with van der Waals surface area (Å²) in [5.41, 5.74) is 1.62. The minimum Gasteiger partial charge on any atom is -0.497 e. The van der Waals surface area contributed by atoms with Crippen LogP contribution in [0.3, 0.4) is 0 Å². The van der Waals surface area contributed by atoms with Gasteiger partial charge in [0.2, 0.25) is 17.6 Å². The number of carbonyl (C=O) groups is 1. The molecule has 6 nitrogen and oxygen atoms in total. The number of aromatic nitrogens is 2. The van der Waals surface area contributed by atoms with Gasteiger partial charge in [0.1, 0.15) is 11.6 Å². The van der Waals surface area contributed by atoms with Gasteiger partial charge in [-0.15, -0.1) is 11.3 Å². The molecule has 0 aliphatic carbocycles. The fraction of sp³-hybridized carbons (Fsp3) is 0.174. The Morgan fingerprint density at radius 2 is 1.94 bits per heavy atom. The second-order valence-corrected chi connectivity index (χ2v) is 7.79. The summed E-state index contributed by atoms with van der Waals surface area (Å²) in [5.74, 6) is 1.11. The molecule has 0 radical (unpaired) electrons. The summed E-state index contributed by atoms with van der Waals surface area (Å²) in [6, 6.07) is 17.0. The molecule has 0 saturated carbocycles. The predicted octanol–water partition coefficient (Wildman–Crippen LogP) is 4.78. The second kappa shape index (κ2) is 9.53. The summed E-state index contributed by atoms with van der Waals surface area (Å²) in [5, 5.41) is 8.95. The molecule has 0 fully saturated rings. The predicted molar refractivity (Wildman–Crippen MR) is 115 cm³/mol. The van der Waals surface area contributed by atoms with Crippen LogP contribution in [0, 0.1) is 5.82 Å². The Morgan fingerprint density at radius 3 is 2.61 bits per heavy atom. The third kappa shape index (κ3) is 5.16. The van der Waals surface area contributed by atoms with Gasteiger partial charge in [0.15, 0.2) is 0 Å². The normalized spacial score (nSPS) is 11.8. The molecular formula is C23H20FN3O3S. The highest BCUT2D eigenvalue weighted by atomic mass is 32.1. The van der Waals surface area contributed by atoms with Gasteiger partial charge >= 0.3 is 0 Å². The highest BCUT2D eigenvalue weighted by molar-refractivity contribution is 7.10. The quantitative estimate of drug-likeness (QED) is 0.429. The number of aryl methyl sites for hydroxylation is 1. The van der Waals surface area contributed by atoms with Gasteiger partial charge < -0.3 is 14.6 Å². The molecule has 31 heavy (non-hydrogen) atoms. The van der Waals surface area contributed by atoms with Gasteiger partial charge in [0, 0.05) is 23.3 Å². The first kappa shape index (κ1) is 20.7. The topological polar surface area (TPSA) is 77.2 Å². The lowest BCUT2D eigenvalue weighted by Gasteiger charge is -2.18. The molecule has 8 heteroatoms. The minimum absolute atomic E-state index is 0.160. The molecule has 0 aliphatic rings. The van der Waals surface area contributed by atoms with Gasteiger partial charge in [-0.2, -0.15) is 4.98 Å². The van der Waals surface area contributed by atoms with Gasteiger partial charge in [-0.05, 0) is 53.4 Å². The zero-order valence-electron chi connectivity index (χ0n) is 16.7. The van der Waals surface area contributed by atoms with Crippen molar-refractivity contribution in [1.82, 2.24) is 15.5 Å². The summed E-state index contributed by atoms with van der Waals surface area (Å²) < 4.78 is 23.7. The van der Waals surface area contributed by atoms with E-state index in [-0.39, 0.29) is 24.2 Å². The lowest BCUT2D eigenvalue weighted by molar-refractivity contribution is -0.121. The van der Waals surface area contributed by atoms with E-state index >= 15 is 0 Å². The number of methoxy groups -OCH3 is 1. The maximum absolute atomic E-state index is 13.3. The number of amides is 1. The molecule has 0 aliphatic heterocycles. The van der Waals surface area contributed by atoms with E-state index in [1.165, 1.54) is 23.5 Å². The van der Waals surface area contributed by atoms with Crippen molar-refractivity contribution in [2.45, 2.75) is 18.9 Å². The van der Waals surface area contributed by atoms with Crippen molar-refractivity contribution in [3.63, 3.8) is 0 Å². The summed E-state index contributed by atoms with van der Waals surface area (Å²) in [4.78, 5) is 18.0. The molecule has 1 atom stereocenters. The fourth-order valence-electron chi connectivity index (χ4n) is 3.10. The number of nitrogens with zero attached hydrogens (tertiary/aromatic N) is 2. The number of hydrogen-bond acceptors (Lipinski definition) is 6. The number of nitrogens with one attached hydrogen (secondary N) is 1. The molecular weight excluding hydrogens is 417 g/mol. The highest BCUT2D eigenvalue weighted by Crippen LogP contribution is 2.26. The summed E-state index contributed by atoms with van der Waals surface area (Å²) >= 11 is 1.53. The van der Waals surface area contributed by atoms with Crippen molar-refractivity contribution in [2.75, 3.05) is 7.11 Å². The van der Waals surface area contributed by atoms with Gasteiger partial charge in [-0.1, -0.05) is 23.4 Å². The van der Waals surface area contributed by atoms with Crippen LogP contribution in [0.4, 0.5) is 4.39 Å². The molecule has 2 aromatic carbocycles. The molecule has 0 saturated heterocycles. The summed E-state index contributed by atoms with van der Waals surface area (Å²) in [6.45, 7) is 0. The van der Waals surface area contributed by atoms with Crippen LogP contribution in [0.15, 0.2) is 70.6 Å². The lowest BCUT2D eigenvalue weighted by atomic mass is 10.0. The van der Waals surface area contributed by atoms with E-state index in [4.69, 9.17) is 9.26 Å². The highest BCUT2D eigenvalue weighted by Gasteiger charge is 2.19. The van der Waals surface area contributed by atoms with E-state index in [0.717, 1.165) is 21.8 Å². The van der Waals surface area contributed by atoms with Crippen molar-refractivity contribution in [2.24, 2.45) is 0 Å². The van der Waals surface area contributed by atoms with Crippen molar-refractivity contribution < 1.29 is 18.4 Å². The van der Waals surface area contributed by atoms with Crippen LogP contribution in [0.5, 0.6) is 5.75 Å². The maximum atomic E-state index is 13.3. The molecule has 2 heterocycles. The SMILES string of the molecule is COc1ccc(-c2noc(CCC(=O)NC(c3ccc(F)cc3)c3cccs3)n2)cc1. The number of benzene rings is 2. The summed E-state index contributed by atoms with van der Waals surface area (Å²) in [6.07, 6.45) is 0.503. The zero-order valence-corrected chi connectivity index (χ0v) is 17.6. The van der Waals surface area contributed by atoms with E-state index in [2.05, 4.69) is 15.5 Å². The minimum atomic E-state index is -0.342.